The third kappa shape index (κ3) is 3.19. The number of carbonyl (C=O) groups excluding carboxylic acids is 2. The Morgan fingerprint density at radius 1 is 1.23 bits per heavy atom. The number of carbonyl (C=O) groups is 2. The molecule has 4 rings (SSSR count). The average Bonchev–Trinajstić information content (AvgIpc) is 2.92. The SMILES string of the molecule is CC.CC(C)(C)OC(=O)N1CC2(CC3CC(=O)OC3c3ccccc32)C1. The van der Waals surface area contributed by atoms with Crippen LogP contribution in [0.1, 0.15) is 64.7 Å². The van der Waals surface area contributed by atoms with E-state index in [1.165, 1.54) is 5.56 Å². The van der Waals surface area contributed by atoms with Crippen molar-refractivity contribution in [3.63, 3.8) is 0 Å². The van der Waals surface area contributed by atoms with Crippen LogP contribution in [0.3, 0.4) is 0 Å². The molecule has 2 heterocycles. The minimum absolute atomic E-state index is 0.0668. The van der Waals surface area contributed by atoms with E-state index in [9.17, 15) is 9.59 Å². The maximum absolute atomic E-state index is 12.3. The fourth-order valence-corrected chi connectivity index (χ4v) is 4.38. The highest BCUT2D eigenvalue weighted by Crippen LogP contribution is 2.54. The molecule has 0 saturated carbocycles. The van der Waals surface area contributed by atoms with Crippen molar-refractivity contribution in [1.29, 1.82) is 0 Å². The second-order valence-corrected chi connectivity index (χ2v) is 8.28. The smallest absolute Gasteiger partial charge is 0.410 e. The van der Waals surface area contributed by atoms with Gasteiger partial charge >= 0.3 is 12.1 Å². The van der Waals surface area contributed by atoms with Gasteiger partial charge in [0.25, 0.3) is 0 Å². The number of hydrogen-bond donors (Lipinski definition) is 0. The standard InChI is InChI=1S/C19H23NO4.C2H6/c1-18(2,3)24-17(22)20-10-19(11-20)9-12-8-15(21)23-16(12)13-6-4-5-7-14(13)19;1-2/h4-7,12,16H,8-11H2,1-3H3;1-2H3. The Morgan fingerprint density at radius 3 is 2.54 bits per heavy atom. The summed E-state index contributed by atoms with van der Waals surface area (Å²) in [5.74, 6) is 0.105. The number of nitrogens with zero attached hydrogens (tertiary/aromatic N) is 1. The highest BCUT2D eigenvalue weighted by molar-refractivity contribution is 5.74. The molecule has 5 nitrogen and oxygen atoms in total. The summed E-state index contributed by atoms with van der Waals surface area (Å²) in [6.07, 6.45) is 0.994. The van der Waals surface area contributed by atoms with E-state index >= 15 is 0 Å². The van der Waals surface area contributed by atoms with E-state index in [1.54, 1.807) is 4.90 Å². The first kappa shape index (κ1) is 18.7. The molecule has 1 aromatic rings. The lowest BCUT2D eigenvalue weighted by molar-refractivity contribution is -0.142. The topological polar surface area (TPSA) is 55.8 Å². The van der Waals surface area contributed by atoms with Crippen molar-refractivity contribution in [2.24, 2.45) is 5.92 Å². The third-order valence-corrected chi connectivity index (χ3v) is 5.25. The lowest BCUT2D eigenvalue weighted by Crippen LogP contribution is -2.63. The van der Waals surface area contributed by atoms with Crippen molar-refractivity contribution >= 4 is 12.1 Å². The summed E-state index contributed by atoms with van der Waals surface area (Å²) in [5.41, 5.74) is 1.79. The molecule has 2 saturated heterocycles. The molecule has 1 amide bonds. The zero-order chi connectivity index (χ0) is 19.1. The van der Waals surface area contributed by atoms with Crippen molar-refractivity contribution in [1.82, 2.24) is 4.90 Å². The van der Waals surface area contributed by atoms with Gasteiger partial charge in [0.15, 0.2) is 0 Å². The van der Waals surface area contributed by atoms with Gasteiger partial charge in [-0.25, -0.2) is 4.79 Å². The lowest BCUT2D eigenvalue weighted by atomic mass is 9.61. The summed E-state index contributed by atoms with van der Waals surface area (Å²) in [6, 6.07) is 8.19. The molecule has 2 aliphatic heterocycles. The quantitative estimate of drug-likeness (QED) is 0.651. The summed E-state index contributed by atoms with van der Waals surface area (Å²) in [6.45, 7) is 10.9. The van der Waals surface area contributed by atoms with Crippen LogP contribution in [0.5, 0.6) is 0 Å². The van der Waals surface area contributed by atoms with E-state index in [0.717, 1.165) is 12.0 Å². The number of likely N-dealkylation sites (tertiary alicyclic amines) is 1. The molecule has 2 unspecified atom stereocenters. The number of fused-ring (bicyclic) bond motifs is 4. The molecule has 1 aliphatic carbocycles. The van der Waals surface area contributed by atoms with Gasteiger partial charge in [0.05, 0.1) is 6.42 Å². The summed E-state index contributed by atoms with van der Waals surface area (Å²) >= 11 is 0. The summed E-state index contributed by atoms with van der Waals surface area (Å²) < 4.78 is 11.0. The number of rotatable bonds is 0. The Bertz CT molecular complexity index is 700. The molecule has 1 aromatic carbocycles. The van der Waals surface area contributed by atoms with Crippen LogP contribution >= 0.6 is 0 Å². The van der Waals surface area contributed by atoms with E-state index in [0.29, 0.717) is 19.5 Å². The molecule has 1 spiro atoms. The van der Waals surface area contributed by atoms with Crippen LogP contribution in [-0.4, -0.2) is 35.7 Å². The van der Waals surface area contributed by atoms with Gasteiger partial charge in [-0.15, -0.1) is 0 Å². The van der Waals surface area contributed by atoms with Crippen LogP contribution in [-0.2, 0) is 19.7 Å². The average molecular weight is 359 g/mol. The maximum Gasteiger partial charge on any atom is 0.410 e. The predicted molar refractivity (Wildman–Crippen MR) is 98.8 cm³/mol. The first-order valence-corrected chi connectivity index (χ1v) is 9.54. The zero-order valence-electron chi connectivity index (χ0n) is 16.4. The first-order chi connectivity index (χ1) is 12.3. The van der Waals surface area contributed by atoms with Crippen molar-refractivity contribution < 1.29 is 19.1 Å². The molecule has 0 aromatic heterocycles. The van der Waals surface area contributed by atoms with Gasteiger partial charge in [-0.05, 0) is 38.3 Å². The van der Waals surface area contributed by atoms with Crippen LogP contribution in [0.15, 0.2) is 24.3 Å². The first-order valence-electron chi connectivity index (χ1n) is 9.54. The number of benzene rings is 1. The number of hydrogen-bond acceptors (Lipinski definition) is 4. The molecule has 142 valence electrons. The molecule has 0 bridgehead atoms. The lowest BCUT2D eigenvalue weighted by Gasteiger charge is -2.54. The molecule has 26 heavy (non-hydrogen) atoms. The van der Waals surface area contributed by atoms with Crippen LogP contribution in [0.4, 0.5) is 4.79 Å². The largest absolute Gasteiger partial charge is 0.457 e. The number of amides is 1. The Hall–Kier alpha value is -2.04. The Kier molecular flexibility index (Phi) is 4.76. The molecular weight excluding hydrogens is 330 g/mol. The van der Waals surface area contributed by atoms with Gasteiger partial charge in [0.1, 0.15) is 11.7 Å². The van der Waals surface area contributed by atoms with Gasteiger partial charge in [0, 0.05) is 24.4 Å². The predicted octanol–water partition coefficient (Wildman–Crippen LogP) is 4.21. The maximum atomic E-state index is 12.3. The number of esters is 1. The van der Waals surface area contributed by atoms with Crippen LogP contribution in [0, 0.1) is 5.92 Å². The molecule has 0 N–H and O–H groups in total. The fourth-order valence-electron chi connectivity index (χ4n) is 4.38. The molecule has 0 radical (unpaired) electrons. The Balaban J connectivity index is 0.000000948. The molecule has 2 fully saturated rings. The van der Waals surface area contributed by atoms with E-state index in [4.69, 9.17) is 9.47 Å². The third-order valence-electron chi connectivity index (χ3n) is 5.25. The monoisotopic (exact) mass is 359 g/mol. The molecular formula is C21H29NO4. The van der Waals surface area contributed by atoms with Gasteiger partial charge in [0.2, 0.25) is 0 Å². The van der Waals surface area contributed by atoms with E-state index in [-0.39, 0.29) is 29.5 Å². The normalized spacial score (nSPS) is 25.3. The van der Waals surface area contributed by atoms with Crippen molar-refractivity contribution in [2.45, 2.75) is 64.6 Å². The molecule has 3 aliphatic rings. The summed E-state index contributed by atoms with van der Waals surface area (Å²) in [4.78, 5) is 25.8. The van der Waals surface area contributed by atoms with Gasteiger partial charge in [-0.1, -0.05) is 38.1 Å². The summed E-state index contributed by atoms with van der Waals surface area (Å²) in [5, 5.41) is 0. The molecule has 5 heteroatoms. The van der Waals surface area contributed by atoms with Crippen LogP contribution < -0.4 is 0 Å². The second kappa shape index (κ2) is 6.60. The minimum Gasteiger partial charge on any atom is -0.457 e. The van der Waals surface area contributed by atoms with Crippen molar-refractivity contribution in [2.75, 3.05) is 13.1 Å². The summed E-state index contributed by atoms with van der Waals surface area (Å²) in [7, 11) is 0. The van der Waals surface area contributed by atoms with Crippen LogP contribution in [0.2, 0.25) is 0 Å². The van der Waals surface area contributed by atoms with E-state index in [2.05, 4.69) is 12.1 Å². The van der Waals surface area contributed by atoms with Gasteiger partial charge in [-0.3, -0.25) is 4.79 Å². The van der Waals surface area contributed by atoms with E-state index < -0.39 is 5.60 Å². The van der Waals surface area contributed by atoms with Crippen LogP contribution in [0.25, 0.3) is 0 Å². The second-order valence-electron chi connectivity index (χ2n) is 8.28. The van der Waals surface area contributed by atoms with Crippen molar-refractivity contribution in [3.05, 3.63) is 35.4 Å². The number of ether oxygens (including phenoxy) is 2. The fraction of sp³-hybridized carbons (Fsp3) is 0.619. The highest BCUT2D eigenvalue weighted by Gasteiger charge is 2.56. The van der Waals surface area contributed by atoms with Gasteiger partial charge in [-0.2, -0.15) is 0 Å². The minimum atomic E-state index is -0.485. The van der Waals surface area contributed by atoms with E-state index in [1.807, 2.05) is 46.8 Å². The highest BCUT2D eigenvalue weighted by atomic mass is 16.6. The van der Waals surface area contributed by atoms with Gasteiger partial charge < -0.3 is 14.4 Å². The Morgan fingerprint density at radius 2 is 1.88 bits per heavy atom. The van der Waals surface area contributed by atoms with Crippen molar-refractivity contribution in [3.8, 4) is 0 Å². The Labute approximate surface area is 155 Å². The zero-order valence-corrected chi connectivity index (χ0v) is 16.4. The molecule has 2 atom stereocenters.